The maximum absolute atomic E-state index is 14.7. The van der Waals surface area contributed by atoms with E-state index in [1.54, 1.807) is 60.1 Å². The van der Waals surface area contributed by atoms with Crippen LogP contribution < -0.4 is 16.1 Å². The van der Waals surface area contributed by atoms with Gasteiger partial charge in [-0.15, -0.1) is 0 Å². The van der Waals surface area contributed by atoms with Crippen LogP contribution in [-0.4, -0.2) is 86.4 Å². The second kappa shape index (κ2) is 10.9. The highest BCUT2D eigenvalue weighted by Crippen LogP contribution is 2.30. The highest BCUT2D eigenvalue weighted by molar-refractivity contribution is 6.05. The van der Waals surface area contributed by atoms with E-state index in [9.17, 15) is 18.8 Å². The average Bonchev–Trinajstić information content (AvgIpc) is 3.70. The number of para-hydroxylation sites is 2. The van der Waals surface area contributed by atoms with E-state index in [2.05, 4.69) is 25.6 Å². The summed E-state index contributed by atoms with van der Waals surface area (Å²) >= 11 is 0. The number of carbonyl (C=O) groups is 3. The molecule has 2 aliphatic heterocycles. The highest BCUT2D eigenvalue weighted by Gasteiger charge is 2.40. The first-order valence-corrected chi connectivity index (χ1v) is 13.2. The monoisotopic (exact) mass is 570 g/mol. The summed E-state index contributed by atoms with van der Waals surface area (Å²) in [5.41, 5.74) is 8.85. The second-order valence-electron chi connectivity index (χ2n) is 10.0. The van der Waals surface area contributed by atoms with Crippen LogP contribution in [0.15, 0.2) is 65.9 Å². The number of hydrazine groups is 1. The number of anilines is 2. The molecule has 214 valence electrons. The van der Waals surface area contributed by atoms with Crippen LogP contribution in [0.25, 0.3) is 22.0 Å². The van der Waals surface area contributed by atoms with Crippen molar-refractivity contribution >= 4 is 46.3 Å². The fraction of sp³-hybridized carbons (Fsp3) is 0.250. The Balaban J connectivity index is 1.24. The molecule has 13 nitrogen and oxygen atoms in total. The van der Waals surface area contributed by atoms with Gasteiger partial charge in [-0.25, -0.2) is 4.39 Å². The third-order valence-electron chi connectivity index (χ3n) is 7.34. The number of primary amides is 1. The highest BCUT2D eigenvalue weighted by atomic mass is 19.1. The van der Waals surface area contributed by atoms with Crippen LogP contribution in [0.4, 0.5) is 15.8 Å². The summed E-state index contributed by atoms with van der Waals surface area (Å²) in [6.07, 6.45) is 3.30. The Morgan fingerprint density at radius 3 is 2.67 bits per heavy atom. The predicted octanol–water partition coefficient (Wildman–Crippen LogP) is 1.82. The number of amides is 3. The number of nitrogens with one attached hydrogen (secondary N) is 1. The van der Waals surface area contributed by atoms with Crippen LogP contribution in [0.3, 0.4) is 0 Å². The minimum Gasteiger partial charge on any atom is -0.364 e. The van der Waals surface area contributed by atoms with Crippen LogP contribution in [-0.2, 0) is 16.1 Å². The molecule has 14 heteroatoms. The Bertz CT molecular complexity index is 1710. The number of carbonyl (C=O) groups excluding carboxylic acids is 3. The number of halogens is 1. The predicted molar refractivity (Wildman–Crippen MR) is 153 cm³/mol. The Labute approximate surface area is 239 Å². The summed E-state index contributed by atoms with van der Waals surface area (Å²) in [7, 11) is 1.83. The van der Waals surface area contributed by atoms with E-state index in [1.807, 2.05) is 24.2 Å². The normalized spacial score (nSPS) is 18.2. The first-order valence-electron chi connectivity index (χ1n) is 13.2. The molecular formula is C28H27FN10O3. The number of benzene rings is 2. The van der Waals surface area contributed by atoms with E-state index in [4.69, 9.17) is 5.73 Å². The van der Waals surface area contributed by atoms with Gasteiger partial charge in [0.2, 0.25) is 11.8 Å². The molecule has 2 atom stereocenters. The van der Waals surface area contributed by atoms with Gasteiger partial charge >= 0.3 is 0 Å². The molecule has 1 saturated heterocycles. The zero-order chi connectivity index (χ0) is 29.4. The van der Waals surface area contributed by atoms with Gasteiger partial charge in [-0.2, -0.15) is 15.3 Å². The molecular weight excluding hydrogens is 543 g/mol. The van der Waals surface area contributed by atoms with Crippen molar-refractivity contribution in [2.75, 3.05) is 30.6 Å². The Hall–Kier alpha value is -5.40. The fourth-order valence-electron chi connectivity index (χ4n) is 5.31. The van der Waals surface area contributed by atoms with Crippen LogP contribution >= 0.6 is 0 Å². The van der Waals surface area contributed by atoms with Gasteiger partial charge < -0.3 is 16.0 Å². The van der Waals surface area contributed by atoms with Gasteiger partial charge in [0.15, 0.2) is 5.69 Å². The number of hydrogen-bond donors (Lipinski definition) is 2. The SMILES string of the molecule is CN1C=NCN1c1ccccc1NC(=O)[C@@H]1C[C@@H](F)CN1C(=O)Cn1nc(C(N)=O)c2cc(-c3ccnnc3)ccc21. The number of rotatable bonds is 7. The van der Waals surface area contributed by atoms with E-state index in [0.29, 0.717) is 28.9 Å². The molecule has 0 unspecified atom stereocenters. The summed E-state index contributed by atoms with van der Waals surface area (Å²) in [5, 5.41) is 18.9. The van der Waals surface area contributed by atoms with Gasteiger partial charge in [-0.3, -0.25) is 34.1 Å². The molecule has 2 aromatic heterocycles. The van der Waals surface area contributed by atoms with Gasteiger partial charge in [0.25, 0.3) is 5.91 Å². The van der Waals surface area contributed by atoms with Crippen molar-refractivity contribution in [3.63, 3.8) is 0 Å². The Kier molecular flexibility index (Phi) is 6.94. The van der Waals surface area contributed by atoms with Crippen LogP contribution in [0.5, 0.6) is 0 Å². The molecule has 2 aromatic carbocycles. The van der Waals surface area contributed by atoms with E-state index < -0.39 is 29.9 Å². The summed E-state index contributed by atoms with van der Waals surface area (Å²) in [4.78, 5) is 44.6. The quantitative estimate of drug-likeness (QED) is 0.341. The van der Waals surface area contributed by atoms with Crippen molar-refractivity contribution in [3.05, 3.63) is 66.6 Å². The number of aromatic nitrogens is 4. The smallest absolute Gasteiger partial charge is 0.269 e. The number of hydrogen-bond acceptors (Lipinski definition) is 9. The molecule has 1 fully saturated rings. The molecule has 4 aromatic rings. The second-order valence-corrected chi connectivity index (χ2v) is 10.0. The lowest BCUT2D eigenvalue weighted by Crippen LogP contribution is -2.45. The molecule has 0 radical (unpaired) electrons. The van der Waals surface area contributed by atoms with Crippen LogP contribution in [0, 0.1) is 0 Å². The minimum absolute atomic E-state index is 0.00628. The summed E-state index contributed by atoms with van der Waals surface area (Å²) in [5.74, 6) is -1.78. The summed E-state index contributed by atoms with van der Waals surface area (Å²) in [6.45, 7) is -0.165. The van der Waals surface area contributed by atoms with E-state index in [0.717, 1.165) is 11.1 Å². The molecule has 0 spiro atoms. The van der Waals surface area contributed by atoms with Gasteiger partial charge in [-0.1, -0.05) is 18.2 Å². The standard InChI is InChI=1S/C28H27FN10O3/c1-36-15-31-16-39(36)23-5-3-2-4-21(23)34-28(42)24-11-19(29)13-37(24)25(40)14-38-22-7-6-17(18-8-9-32-33-12-18)10-20(22)26(35-38)27(30)41/h2-10,12,15,19,24H,11,13-14,16H2,1H3,(H2,30,41)(H,34,42)/t19-,24+/m1/s1. The third kappa shape index (κ3) is 4.98. The lowest BCUT2D eigenvalue weighted by molar-refractivity contribution is -0.137. The maximum Gasteiger partial charge on any atom is 0.269 e. The molecule has 0 bridgehead atoms. The molecule has 0 aliphatic carbocycles. The van der Waals surface area contributed by atoms with Gasteiger partial charge in [-0.05, 0) is 35.9 Å². The van der Waals surface area contributed by atoms with Gasteiger partial charge in [0, 0.05) is 24.4 Å². The number of nitrogens with zero attached hydrogens (tertiary/aromatic N) is 8. The molecule has 0 saturated carbocycles. The average molecular weight is 571 g/mol. The minimum atomic E-state index is -1.37. The van der Waals surface area contributed by atoms with E-state index in [1.165, 1.54) is 9.58 Å². The van der Waals surface area contributed by atoms with Gasteiger partial charge in [0.1, 0.15) is 31.8 Å². The molecule has 2 aliphatic rings. The molecule has 3 amide bonds. The van der Waals surface area contributed by atoms with Crippen molar-refractivity contribution in [2.24, 2.45) is 10.7 Å². The maximum atomic E-state index is 14.7. The zero-order valence-electron chi connectivity index (χ0n) is 22.6. The fourth-order valence-corrected chi connectivity index (χ4v) is 5.31. The number of likely N-dealkylation sites (tertiary alicyclic amines) is 1. The zero-order valence-corrected chi connectivity index (χ0v) is 22.6. The van der Waals surface area contributed by atoms with Crippen molar-refractivity contribution in [1.29, 1.82) is 0 Å². The topological polar surface area (TPSA) is 155 Å². The number of nitrogens with two attached hydrogens (primary N) is 1. The number of aliphatic imine (C=N–C) groups is 1. The molecule has 42 heavy (non-hydrogen) atoms. The van der Waals surface area contributed by atoms with E-state index in [-0.39, 0.29) is 25.2 Å². The van der Waals surface area contributed by atoms with Crippen molar-refractivity contribution in [2.45, 2.75) is 25.2 Å². The van der Waals surface area contributed by atoms with Crippen molar-refractivity contribution < 1.29 is 18.8 Å². The van der Waals surface area contributed by atoms with Crippen LogP contribution in [0.1, 0.15) is 16.9 Å². The Morgan fingerprint density at radius 2 is 1.93 bits per heavy atom. The Morgan fingerprint density at radius 1 is 1.10 bits per heavy atom. The van der Waals surface area contributed by atoms with Gasteiger partial charge in [0.05, 0.1) is 35.8 Å². The largest absolute Gasteiger partial charge is 0.364 e. The number of alkyl halides is 1. The first-order chi connectivity index (χ1) is 20.3. The van der Waals surface area contributed by atoms with Crippen LogP contribution in [0.2, 0.25) is 0 Å². The number of fused-ring (bicyclic) bond motifs is 1. The molecule has 6 rings (SSSR count). The van der Waals surface area contributed by atoms with Crippen molar-refractivity contribution in [1.82, 2.24) is 29.9 Å². The lowest BCUT2D eigenvalue weighted by Gasteiger charge is -2.28. The molecule has 3 N–H and O–H groups in total. The molecule has 4 heterocycles. The summed E-state index contributed by atoms with van der Waals surface area (Å²) < 4.78 is 16.0. The lowest BCUT2D eigenvalue weighted by atomic mass is 10.0. The van der Waals surface area contributed by atoms with E-state index >= 15 is 0 Å². The summed E-state index contributed by atoms with van der Waals surface area (Å²) in [6, 6.07) is 13.2. The van der Waals surface area contributed by atoms with Crippen molar-refractivity contribution in [3.8, 4) is 11.1 Å². The third-order valence-corrected chi connectivity index (χ3v) is 7.34. The first kappa shape index (κ1) is 26.8.